The van der Waals surface area contributed by atoms with Crippen molar-refractivity contribution in [3.8, 4) is 11.3 Å². The third-order valence-corrected chi connectivity index (χ3v) is 5.53. The van der Waals surface area contributed by atoms with Crippen molar-refractivity contribution in [1.82, 2.24) is 20.3 Å². The lowest BCUT2D eigenvalue weighted by molar-refractivity contribution is 0.110. The zero-order chi connectivity index (χ0) is 19.3. The summed E-state index contributed by atoms with van der Waals surface area (Å²) in [6.07, 6.45) is 2.53. The molecule has 5 nitrogen and oxygen atoms in total. The molecule has 2 heterocycles. The van der Waals surface area contributed by atoms with Crippen molar-refractivity contribution in [2.75, 3.05) is 13.2 Å². The second kappa shape index (κ2) is 9.05. The zero-order valence-corrected chi connectivity index (χ0v) is 17.0. The molecule has 146 valence electrons. The lowest BCUT2D eigenvalue weighted by Gasteiger charge is -2.10. The van der Waals surface area contributed by atoms with Crippen LogP contribution in [0.25, 0.3) is 11.3 Å². The maximum Gasteiger partial charge on any atom is 0.117 e. The quantitative estimate of drug-likeness (QED) is 0.612. The van der Waals surface area contributed by atoms with Crippen molar-refractivity contribution in [1.29, 1.82) is 0 Å². The Kier molecular flexibility index (Phi) is 6.27. The molecule has 1 fully saturated rings. The molecule has 0 aliphatic carbocycles. The fraction of sp³-hybridized carbons (Fsp3) is 0.333. The van der Waals surface area contributed by atoms with Crippen LogP contribution in [0.15, 0.2) is 48.5 Å². The van der Waals surface area contributed by atoms with Crippen LogP contribution in [0.4, 0.5) is 0 Å². The van der Waals surface area contributed by atoms with E-state index < -0.39 is 0 Å². The Hall–Kier alpha value is -1.92. The SMILES string of the molecule is Clc1cccc(Cl)c1Cn1nc(CNC[C@@H]2CCCO2)c(-c2ccccc2)n1. The summed E-state index contributed by atoms with van der Waals surface area (Å²) in [4.78, 5) is 1.67. The van der Waals surface area contributed by atoms with Crippen LogP contribution >= 0.6 is 23.2 Å². The van der Waals surface area contributed by atoms with Crippen molar-refractivity contribution in [3.05, 3.63) is 69.8 Å². The van der Waals surface area contributed by atoms with Crippen molar-refractivity contribution in [2.24, 2.45) is 0 Å². The number of hydrogen-bond acceptors (Lipinski definition) is 4. The van der Waals surface area contributed by atoms with E-state index in [0.29, 0.717) is 23.1 Å². The van der Waals surface area contributed by atoms with E-state index in [2.05, 4.69) is 5.32 Å². The van der Waals surface area contributed by atoms with Gasteiger partial charge < -0.3 is 10.1 Å². The molecule has 28 heavy (non-hydrogen) atoms. The Morgan fingerprint density at radius 2 is 1.82 bits per heavy atom. The number of hydrogen-bond donors (Lipinski definition) is 1. The molecule has 3 aromatic rings. The van der Waals surface area contributed by atoms with Crippen LogP contribution in [0.2, 0.25) is 10.0 Å². The number of nitrogens with one attached hydrogen (secondary N) is 1. The van der Waals surface area contributed by atoms with E-state index >= 15 is 0 Å². The highest BCUT2D eigenvalue weighted by Gasteiger charge is 2.18. The van der Waals surface area contributed by atoms with Gasteiger partial charge in [-0.25, -0.2) is 0 Å². The lowest BCUT2D eigenvalue weighted by Crippen LogP contribution is -2.26. The number of benzene rings is 2. The third-order valence-electron chi connectivity index (χ3n) is 4.82. The van der Waals surface area contributed by atoms with Gasteiger partial charge in [-0.1, -0.05) is 59.6 Å². The van der Waals surface area contributed by atoms with Gasteiger partial charge in [-0.2, -0.15) is 15.0 Å². The molecule has 0 spiro atoms. The summed E-state index contributed by atoms with van der Waals surface area (Å²) in [5.74, 6) is 0. The minimum absolute atomic E-state index is 0.289. The Labute approximate surface area is 174 Å². The molecule has 1 atom stereocenters. The van der Waals surface area contributed by atoms with Crippen LogP contribution in [-0.2, 0) is 17.8 Å². The van der Waals surface area contributed by atoms with E-state index in [1.165, 1.54) is 0 Å². The van der Waals surface area contributed by atoms with Gasteiger partial charge in [-0.15, -0.1) is 0 Å². The van der Waals surface area contributed by atoms with E-state index in [1.54, 1.807) is 4.80 Å². The minimum atomic E-state index is 0.289. The topological polar surface area (TPSA) is 52.0 Å². The zero-order valence-electron chi connectivity index (χ0n) is 15.4. The van der Waals surface area contributed by atoms with E-state index in [1.807, 2.05) is 48.5 Å². The van der Waals surface area contributed by atoms with E-state index in [9.17, 15) is 0 Å². The smallest absolute Gasteiger partial charge is 0.117 e. The molecule has 1 saturated heterocycles. The van der Waals surface area contributed by atoms with Crippen LogP contribution in [0.3, 0.4) is 0 Å². The molecular formula is C21H22Cl2N4O. The molecular weight excluding hydrogens is 395 g/mol. The standard InChI is InChI=1S/C21H22Cl2N4O/c22-18-9-4-10-19(23)17(18)14-27-25-20(13-24-12-16-8-5-11-28-16)21(26-27)15-6-2-1-3-7-15/h1-4,6-7,9-10,16,24H,5,8,11-14H2/t16-/m0/s1. The molecule has 1 aliphatic heterocycles. The largest absolute Gasteiger partial charge is 0.377 e. The molecule has 1 aromatic heterocycles. The summed E-state index contributed by atoms with van der Waals surface area (Å²) in [5.41, 5.74) is 3.61. The predicted molar refractivity (Wildman–Crippen MR) is 112 cm³/mol. The Balaban J connectivity index is 1.56. The maximum absolute atomic E-state index is 6.32. The summed E-state index contributed by atoms with van der Waals surface area (Å²) in [6.45, 7) is 2.72. The van der Waals surface area contributed by atoms with Crippen molar-refractivity contribution >= 4 is 23.2 Å². The van der Waals surface area contributed by atoms with Gasteiger partial charge in [0.05, 0.1) is 12.6 Å². The number of halogens is 2. The molecule has 0 saturated carbocycles. The molecule has 0 unspecified atom stereocenters. The summed E-state index contributed by atoms with van der Waals surface area (Å²) in [6, 6.07) is 15.6. The summed E-state index contributed by atoms with van der Waals surface area (Å²) >= 11 is 12.6. The van der Waals surface area contributed by atoms with Crippen LogP contribution in [0.1, 0.15) is 24.1 Å². The van der Waals surface area contributed by atoms with Gasteiger partial charge in [-0.05, 0) is 25.0 Å². The first-order chi connectivity index (χ1) is 13.7. The van der Waals surface area contributed by atoms with Gasteiger partial charge in [0, 0.05) is 40.9 Å². The van der Waals surface area contributed by atoms with Crippen LogP contribution < -0.4 is 5.32 Å². The molecule has 4 rings (SSSR count). The van der Waals surface area contributed by atoms with Crippen LogP contribution in [0, 0.1) is 0 Å². The first-order valence-corrected chi connectivity index (χ1v) is 10.2. The fourth-order valence-electron chi connectivity index (χ4n) is 3.37. The Morgan fingerprint density at radius 1 is 1.04 bits per heavy atom. The first-order valence-electron chi connectivity index (χ1n) is 9.45. The highest BCUT2D eigenvalue weighted by Crippen LogP contribution is 2.26. The molecule has 0 radical (unpaired) electrons. The van der Waals surface area contributed by atoms with Gasteiger partial charge >= 0.3 is 0 Å². The molecule has 2 aromatic carbocycles. The Morgan fingerprint density at radius 3 is 2.54 bits per heavy atom. The molecule has 1 aliphatic rings. The van der Waals surface area contributed by atoms with Gasteiger partial charge in [-0.3, -0.25) is 0 Å². The summed E-state index contributed by atoms with van der Waals surface area (Å²) < 4.78 is 5.68. The lowest BCUT2D eigenvalue weighted by atomic mass is 10.1. The van der Waals surface area contributed by atoms with E-state index in [4.69, 9.17) is 38.1 Å². The average Bonchev–Trinajstić information content (AvgIpc) is 3.36. The van der Waals surface area contributed by atoms with Crippen molar-refractivity contribution in [3.63, 3.8) is 0 Å². The number of rotatable bonds is 7. The minimum Gasteiger partial charge on any atom is -0.377 e. The van der Waals surface area contributed by atoms with E-state index in [0.717, 1.165) is 48.5 Å². The highest BCUT2D eigenvalue weighted by atomic mass is 35.5. The molecule has 1 N–H and O–H groups in total. The second-order valence-corrected chi connectivity index (χ2v) is 7.67. The van der Waals surface area contributed by atoms with Crippen molar-refractivity contribution < 1.29 is 4.74 Å². The van der Waals surface area contributed by atoms with Gasteiger partial charge in [0.2, 0.25) is 0 Å². The summed E-state index contributed by atoms with van der Waals surface area (Å²) in [5, 5.41) is 14.1. The first kappa shape index (κ1) is 19.4. The number of ether oxygens (including phenoxy) is 1. The average molecular weight is 417 g/mol. The Bertz CT molecular complexity index is 903. The van der Waals surface area contributed by atoms with Crippen LogP contribution in [0.5, 0.6) is 0 Å². The third kappa shape index (κ3) is 4.55. The fourth-order valence-corrected chi connectivity index (χ4v) is 3.89. The number of nitrogens with zero attached hydrogens (tertiary/aromatic N) is 3. The highest BCUT2D eigenvalue weighted by molar-refractivity contribution is 6.35. The molecule has 0 amide bonds. The van der Waals surface area contributed by atoms with Gasteiger partial charge in [0.1, 0.15) is 11.4 Å². The van der Waals surface area contributed by atoms with Gasteiger partial charge in [0.15, 0.2) is 0 Å². The van der Waals surface area contributed by atoms with Crippen molar-refractivity contribution in [2.45, 2.75) is 32.0 Å². The van der Waals surface area contributed by atoms with E-state index in [-0.39, 0.29) is 6.10 Å². The molecule has 7 heteroatoms. The maximum atomic E-state index is 6.32. The molecule has 0 bridgehead atoms. The number of aromatic nitrogens is 3. The normalized spacial score (nSPS) is 16.6. The monoisotopic (exact) mass is 416 g/mol. The van der Waals surface area contributed by atoms with Gasteiger partial charge in [0.25, 0.3) is 0 Å². The predicted octanol–water partition coefficient (Wildman–Crippen LogP) is 4.57. The second-order valence-electron chi connectivity index (χ2n) is 6.86. The summed E-state index contributed by atoms with van der Waals surface area (Å²) in [7, 11) is 0. The van der Waals surface area contributed by atoms with Crippen LogP contribution in [-0.4, -0.2) is 34.2 Å².